The van der Waals surface area contributed by atoms with Gasteiger partial charge in [0.2, 0.25) is 10.0 Å². The molecule has 2 rings (SSSR count). The molecule has 33 heavy (non-hydrogen) atoms. The number of hydrogen-bond acceptors (Lipinski definition) is 5. The zero-order valence-corrected chi connectivity index (χ0v) is 21.2. The van der Waals surface area contributed by atoms with Gasteiger partial charge in [0.15, 0.2) is 6.10 Å². The number of nitrogens with zero attached hydrogens (tertiary/aromatic N) is 1. The predicted molar refractivity (Wildman–Crippen MR) is 130 cm³/mol. The van der Waals surface area contributed by atoms with Gasteiger partial charge in [-0.1, -0.05) is 57.5 Å². The van der Waals surface area contributed by atoms with Crippen LogP contribution in [0.15, 0.2) is 47.4 Å². The molecule has 2 aromatic carbocycles. The number of rotatable bonds is 10. The topological polar surface area (TPSA) is 92.8 Å². The lowest BCUT2D eigenvalue weighted by molar-refractivity contribution is -0.123. The molecule has 0 saturated carbocycles. The molecular formula is C24H31ClN2O5S. The Morgan fingerprint density at radius 2 is 1.70 bits per heavy atom. The number of ether oxygens (including phenoxy) is 1. The van der Waals surface area contributed by atoms with Gasteiger partial charge in [-0.15, -0.1) is 0 Å². The first-order valence-electron chi connectivity index (χ1n) is 11.0. The van der Waals surface area contributed by atoms with Gasteiger partial charge >= 0.3 is 5.97 Å². The molecule has 0 aromatic heterocycles. The molecule has 9 heteroatoms. The molecule has 0 radical (unpaired) electrons. The van der Waals surface area contributed by atoms with Crippen LogP contribution < -0.4 is 5.32 Å². The van der Waals surface area contributed by atoms with Crippen molar-refractivity contribution in [1.82, 2.24) is 4.31 Å². The zero-order valence-electron chi connectivity index (χ0n) is 19.6. The number of carbonyl (C=O) groups excluding carboxylic acids is 2. The molecule has 0 heterocycles. The Morgan fingerprint density at radius 1 is 1.06 bits per heavy atom. The summed E-state index contributed by atoms with van der Waals surface area (Å²) in [6.45, 7) is 9.55. The molecule has 0 aliphatic carbocycles. The summed E-state index contributed by atoms with van der Waals surface area (Å²) in [5, 5.41) is 2.82. The highest BCUT2D eigenvalue weighted by Crippen LogP contribution is 2.28. The van der Waals surface area contributed by atoms with Crippen LogP contribution in [0.25, 0.3) is 0 Å². The summed E-state index contributed by atoms with van der Waals surface area (Å²) in [5.74, 6) is -1.05. The van der Waals surface area contributed by atoms with Gasteiger partial charge in [-0.2, -0.15) is 4.31 Å². The lowest BCUT2D eigenvalue weighted by Crippen LogP contribution is -2.31. The summed E-state index contributed by atoms with van der Waals surface area (Å²) in [5.41, 5.74) is 1.65. The highest BCUT2D eigenvalue weighted by molar-refractivity contribution is 7.89. The van der Waals surface area contributed by atoms with Gasteiger partial charge in [0.1, 0.15) is 4.90 Å². The fourth-order valence-corrected chi connectivity index (χ4v) is 5.27. The molecule has 180 valence electrons. The molecule has 7 nitrogen and oxygen atoms in total. The van der Waals surface area contributed by atoms with Crippen LogP contribution in [0.2, 0.25) is 5.02 Å². The third-order valence-corrected chi connectivity index (χ3v) is 8.04. The van der Waals surface area contributed by atoms with Crippen LogP contribution in [0.1, 0.15) is 62.9 Å². The van der Waals surface area contributed by atoms with Gasteiger partial charge in [-0.05, 0) is 49.1 Å². The Balaban J connectivity index is 2.20. The summed E-state index contributed by atoms with van der Waals surface area (Å²) in [4.78, 5) is 25.2. The van der Waals surface area contributed by atoms with Crippen LogP contribution in [0.3, 0.4) is 0 Å². The van der Waals surface area contributed by atoms with E-state index in [1.807, 2.05) is 18.2 Å². The molecule has 0 bridgehead atoms. The Labute approximate surface area is 201 Å². The quantitative estimate of drug-likeness (QED) is 0.465. The van der Waals surface area contributed by atoms with Crippen molar-refractivity contribution in [1.29, 1.82) is 0 Å². The van der Waals surface area contributed by atoms with Crippen molar-refractivity contribution >= 4 is 39.2 Å². The van der Waals surface area contributed by atoms with Crippen LogP contribution >= 0.6 is 11.6 Å². The standard InChI is InChI=1S/C24H31ClN2O5S/c1-6-16(4)19-11-9-10-12-21(19)26-23(28)17(5)32-24(29)18-13-14-20(25)22(15-18)33(30,31)27(7-2)8-3/h9-17H,6-8H2,1-5H3,(H,26,28). The number of nitrogens with one attached hydrogen (secondary N) is 1. The van der Waals surface area contributed by atoms with E-state index in [0.29, 0.717) is 5.69 Å². The number of esters is 1. The monoisotopic (exact) mass is 494 g/mol. The number of amides is 1. The fourth-order valence-electron chi connectivity index (χ4n) is 3.31. The lowest BCUT2D eigenvalue weighted by Gasteiger charge is -2.20. The summed E-state index contributed by atoms with van der Waals surface area (Å²) < 4.78 is 32.3. The van der Waals surface area contributed by atoms with E-state index >= 15 is 0 Å². The lowest BCUT2D eigenvalue weighted by atomic mass is 9.97. The van der Waals surface area contributed by atoms with Crippen LogP contribution in [-0.4, -0.2) is 43.8 Å². The summed E-state index contributed by atoms with van der Waals surface area (Å²) >= 11 is 6.12. The smallest absolute Gasteiger partial charge is 0.338 e. The number of anilines is 1. The van der Waals surface area contributed by atoms with Gasteiger partial charge in [0.25, 0.3) is 5.91 Å². The van der Waals surface area contributed by atoms with Gasteiger partial charge in [-0.25, -0.2) is 13.2 Å². The van der Waals surface area contributed by atoms with Crippen molar-refractivity contribution in [3.8, 4) is 0 Å². The largest absolute Gasteiger partial charge is 0.449 e. The van der Waals surface area contributed by atoms with Crippen molar-refractivity contribution in [2.45, 2.75) is 58.0 Å². The summed E-state index contributed by atoms with van der Waals surface area (Å²) in [6.07, 6.45) is -0.187. The first-order chi connectivity index (χ1) is 15.6. The maximum Gasteiger partial charge on any atom is 0.338 e. The predicted octanol–water partition coefficient (Wildman–Crippen LogP) is 5.07. The molecular weight excluding hydrogens is 464 g/mol. The molecule has 0 aliphatic heterocycles. The summed E-state index contributed by atoms with van der Waals surface area (Å²) in [6, 6.07) is 11.4. The van der Waals surface area contributed by atoms with E-state index in [9.17, 15) is 18.0 Å². The SMILES string of the molecule is CCC(C)c1ccccc1NC(=O)C(C)OC(=O)c1ccc(Cl)c(S(=O)(=O)N(CC)CC)c1. The number of para-hydroxylation sites is 1. The maximum atomic E-state index is 12.9. The summed E-state index contributed by atoms with van der Waals surface area (Å²) in [7, 11) is -3.87. The van der Waals surface area contributed by atoms with Crippen LogP contribution in [0, 0.1) is 0 Å². The fraction of sp³-hybridized carbons (Fsp3) is 0.417. The zero-order chi connectivity index (χ0) is 24.8. The molecule has 2 aromatic rings. The second kappa shape index (κ2) is 11.6. The van der Waals surface area contributed by atoms with E-state index in [1.165, 1.54) is 29.4 Å². The first-order valence-corrected chi connectivity index (χ1v) is 12.8. The van der Waals surface area contributed by atoms with Crippen LogP contribution in [-0.2, 0) is 19.6 Å². The number of hydrogen-bond donors (Lipinski definition) is 1. The van der Waals surface area contributed by atoms with Crippen molar-refractivity contribution < 1.29 is 22.7 Å². The molecule has 0 fully saturated rings. The van der Waals surface area contributed by atoms with E-state index in [-0.39, 0.29) is 34.5 Å². The van der Waals surface area contributed by atoms with E-state index < -0.39 is 28.0 Å². The van der Waals surface area contributed by atoms with Crippen molar-refractivity contribution in [3.05, 3.63) is 58.6 Å². The second-order valence-corrected chi connectivity index (χ2v) is 9.98. The number of carbonyl (C=O) groups is 2. The Kier molecular flexibility index (Phi) is 9.46. The molecule has 0 saturated heterocycles. The average molecular weight is 495 g/mol. The Morgan fingerprint density at radius 3 is 2.30 bits per heavy atom. The van der Waals surface area contributed by atoms with Crippen molar-refractivity contribution in [3.63, 3.8) is 0 Å². The van der Waals surface area contributed by atoms with Gasteiger partial charge < -0.3 is 10.1 Å². The first kappa shape index (κ1) is 26.8. The molecule has 1 amide bonds. The highest BCUT2D eigenvalue weighted by Gasteiger charge is 2.27. The van der Waals surface area contributed by atoms with Crippen molar-refractivity contribution in [2.24, 2.45) is 0 Å². The third-order valence-electron chi connectivity index (χ3n) is 5.51. The van der Waals surface area contributed by atoms with Crippen molar-refractivity contribution in [2.75, 3.05) is 18.4 Å². The minimum absolute atomic E-state index is 0.00546. The Hall–Kier alpha value is -2.42. The normalized spacial score (nSPS) is 13.4. The van der Waals surface area contributed by atoms with Gasteiger partial charge in [-0.3, -0.25) is 4.79 Å². The molecule has 1 N–H and O–H groups in total. The molecule has 0 aliphatic rings. The molecule has 2 atom stereocenters. The Bertz CT molecular complexity index is 1100. The second-order valence-electron chi connectivity index (χ2n) is 7.67. The highest BCUT2D eigenvalue weighted by atomic mass is 35.5. The van der Waals surface area contributed by atoms with E-state index in [0.717, 1.165) is 12.0 Å². The van der Waals surface area contributed by atoms with E-state index in [2.05, 4.69) is 19.2 Å². The number of sulfonamides is 1. The van der Waals surface area contributed by atoms with Crippen LogP contribution in [0.5, 0.6) is 0 Å². The maximum absolute atomic E-state index is 12.9. The van der Waals surface area contributed by atoms with Crippen LogP contribution in [0.4, 0.5) is 5.69 Å². The number of benzene rings is 2. The third kappa shape index (κ3) is 6.34. The van der Waals surface area contributed by atoms with Gasteiger partial charge in [0, 0.05) is 18.8 Å². The minimum atomic E-state index is -3.87. The van der Waals surface area contributed by atoms with E-state index in [4.69, 9.17) is 16.3 Å². The number of halogens is 1. The minimum Gasteiger partial charge on any atom is -0.449 e. The van der Waals surface area contributed by atoms with E-state index in [1.54, 1.807) is 19.9 Å². The van der Waals surface area contributed by atoms with Gasteiger partial charge in [0.05, 0.1) is 10.6 Å². The molecule has 2 unspecified atom stereocenters. The molecule has 0 spiro atoms. The average Bonchev–Trinajstić information content (AvgIpc) is 2.79.